The van der Waals surface area contributed by atoms with Gasteiger partial charge in [-0.05, 0) is 18.2 Å². The average Bonchev–Trinajstić information content (AvgIpc) is 3.14. The van der Waals surface area contributed by atoms with Gasteiger partial charge in [0.1, 0.15) is 19.3 Å². The maximum absolute atomic E-state index is 12.4. The molecule has 0 radical (unpaired) electrons. The van der Waals surface area contributed by atoms with E-state index in [9.17, 15) is 4.79 Å². The Labute approximate surface area is 134 Å². The molecule has 0 amide bonds. The van der Waals surface area contributed by atoms with Crippen LogP contribution in [0.2, 0.25) is 0 Å². The van der Waals surface area contributed by atoms with Crippen LogP contribution in [0.25, 0.3) is 5.69 Å². The van der Waals surface area contributed by atoms with Gasteiger partial charge in [-0.25, -0.2) is 4.79 Å². The molecule has 0 atom stereocenters. The third-order valence-corrected chi connectivity index (χ3v) is 3.60. The van der Waals surface area contributed by atoms with Crippen LogP contribution in [0.4, 0.5) is 5.69 Å². The highest BCUT2D eigenvalue weighted by molar-refractivity contribution is 5.96. The van der Waals surface area contributed by atoms with Gasteiger partial charge in [0, 0.05) is 18.8 Å². The minimum absolute atomic E-state index is 0.179. The number of hydrogen-bond acceptors (Lipinski definition) is 6. The Kier molecular flexibility index (Phi) is 4.68. The third-order valence-electron chi connectivity index (χ3n) is 3.60. The minimum atomic E-state index is -0.374. The summed E-state index contributed by atoms with van der Waals surface area (Å²) in [4.78, 5) is 14.5. The lowest BCUT2D eigenvalue weighted by molar-refractivity contribution is 0.0549. The fraction of sp³-hybridized carbons (Fsp3) is 0.312. The van der Waals surface area contributed by atoms with E-state index in [4.69, 9.17) is 9.47 Å². The Morgan fingerprint density at radius 2 is 2.04 bits per heavy atom. The molecule has 0 spiro atoms. The summed E-state index contributed by atoms with van der Waals surface area (Å²) in [5, 5.41) is 7.58. The summed E-state index contributed by atoms with van der Waals surface area (Å²) in [7, 11) is 0. The predicted octanol–water partition coefficient (Wildman–Crippen LogP) is 1.45. The number of nitrogens with zero attached hydrogens (tertiary/aromatic N) is 4. The molecule has 0 aliphatic carbocycles. The second-order valence-electron chi connectivity index (χ2n) is 5.06. The van der Waals surface area contributed by atoms with Crippen LogP contribution in [0.3, 0.4) is 0 Å². The van der Waals surface area contributed by atoms with Crippen LogP contribution in [0.1, 0.15) is 10.4 Å². The van der Waals surface area contributed by atoms with Gasteiger partial charge in [0.15, 0.2) is 0 Å². The van der Waals surface area contributed by atoms with Crippen molar-refractivity contribution >= 4 is 11.7 Å². The van der Waals surface area contributed by atoms with Gasteiger partial charge < -0.3 is 14.4 Å². The molecule has 7 nitrogen and oxygen atoms in total. The number of benzene rings is 1. The SMILES string of the molecule is C=CCOC(=O)c1cc(-n2cnnc2)ccc1N1CCOCC1. The Bertz CT molecular complexity index is 679. The average molecular weight is 314 g/mol. The highest BCUT2D eigenvalue weighted by Crippen LogP contribution is 2.25. The lowest BCUT2D eigenvalue weighted by Crippen LogP contribution is -2.37. The Morgan fingerprint density at radius 1 is 1.30 bits per heavy atom. The van der Waals surface area contributed by atoms with Crippen molar-refractivity contribution in [2.75, 3.05) is 37.8 Å². The number of rotatable bonds is 5. The number of ether oxygens (including phenoxy) is 2. The summed E-state index contributed by atoms with van der Waals surface area (Å²) in [5.74, 6) is -0.374. The van der Waals surface area contributed by atoms with Crippen molar-refractivity contribution in [3.05, 3.63) is 49.1 Å². The number of esters is 1. The molecule has 1 aromatic heterocycles. The summed E-state index contributed by atoms with van der Waals surface area (Å²) in [5.41, 5.74) is 2.16. The second-order valence-corrected chi connectivity index (χ2v) is 5.06. The smallest absolute Gasteiger partial charge is 0.340 e. The van der Waals surface area contributed by atoms with Crippen molar-refractivity contribution in [3.63, 3.8) is 0 Å². The zero-order valence-electron chi connectivity index (χ0n) is 12.7. The highest BCUT2D eigenvalue weighted by atomic mass is 16.5. The second kappa shape index (κ2) is 7.06. The summed E-state index contributed by atoms with van der Waals surface area (Å²) in [6.07, 6.45) is 4.72. The van der Waals surface area contributed by atoms with Gasteiger partial charge in [-0.15, -0.1) is 10.2 Å². The molecule has 2 heterocycles. The highest BCUT2D eigenvalue weighted by Gasteiger charge is 2.20. The Hall–Kier alpha value is -2.67. The Morgan fingerprint density at radius 3 is 2.74 bits per heavy atom. The molecule has 2 aromatic rings. The first-order valence-electron chi connectivity index (χ1n) is 7.39. The fourth-order valence-corrected chi connectivity index (χ4v) is 2.47. The van der Waals surface area contributed by atoms with E-state index in [-0.39, 0.29) is 12.6 Å². The molecule has 120 valence electrons. The molecule has 7 heteroatoms. The van der Waals surface area contributed by atoms with Crippen molar-refractivity contribution < 1.29 is 14.3 Å². The van der Waals surface area contributed by atoms with E-state index >= 15 is 0 Å². The molecule has 0 N–H and O–H groups in total. The van der Waals surface area contributed by atoms with Crippen LogP contribution in [0, 0.1) is 0 Å². The maximum atomic E-state index is 12.4. The third kappa shape index (κ3) is 3.40. The number of carbonyl (C=O) groups is 1. The van der Waals surface area contributed by atoms with Crippen LogP contribution in [0.5, 0.6) is 0 Å². The first-order chi connectivity index (χ1) is 11.3. The van der Waals surface area contributed by atoms with Gasteiger partial charge in [-0.2, -0.15) is 0 Å². The summed E-state index contributed by atoms with van der Waals surface area (Å²) in [6, 6.07) is 5.64. The van der Waals surface area contributed by atoms with Crippen LogP contribution >= 0.6 is 0 Å². The minimum Gasteiger partial charge on any atom is -0.458 e. The molecular formula is C16H18N4O3. The maximum Gasteiger partial charge on any atom is 0.340 e. The van der Waals surface area contributed by atoms with Crippen molar-refractivity contribution in [2.45, 2.75) is 0 Å². The predicted molar refractivity (Wildman–Crippen MR) is 84.9 cm³/mol. The summed E-state index contributed by atoms with van der Waals surface area (Å²) < 4.78 is 12.3. The van der Waals surface area contributed by atoms with Crippen molar-refractivity contribution in [1.82, 2.24) is 14.8 Å². The molecule has 1 aliphatic heterocycles. The quantitative estimate of drug-likeness (QED) is 0.614. The van der Waals surface area contributed by atoms with Gasteiger partial charge in [-0.1, -0.05) is 12.7 Å². The van der Waals surface area contributed by atoms with Gasteiger partial charge in [-0.3, -0.25) is 4.57 Å². The molecule has 0 unspecified atom stereocenters. The van der Waals surface area contributed by atoms with E-state index in [0.717, 1.165) is 24.5 Å². The molecule has 0 saturated carbocycles. The molecule has 23 heavy (non-hydrogen) atoms. The first kappa shape index (κ1) is 15.2. The largest absolute Gasteiger partial charge is 0.458 e. The zero-order valence-corrected chi connectivity index (χ0v) is 12.7. The summed E-state index contributed by atoms with van der Waals surface area (Å²) >= 11 is 0. The number of hydrogen-bond donors (Lipinski definition) is 0. The molecule has 1 fully saturated rings. The van der Waals surface area contributed by atoms with Crippen molar-refractivity contribution in [2.24, 2.45) is 0 Å². The molecule has 3 rings (SSSR count). The molecular weight excluding hydrogens is 296 g/mol. The fourth-order valence-electron chi connectivity index (χ4n) is 2.47. The van der Waals surface area contributed by atoms with E-state index in [1.165, 1.54) is 0 Å². The number of carbonyl (C=O) groups excluding carboxylic acids is 1. The van der Waals surface area contributed by atoms with E-state index < -0.39 is 0 Å². The van der Waals surface area contributed by atoms with Crippen molar-refractivity contribution in [3.8, 4) is 5.69 Å². The first-order valence-corrected chi connectivity index (χ1v) is 7.39. The van der Waals surface area contributed by atoms with E-state index in [1.54, 1.807) is 29.4 Å². The lowest BCUT2D eigenvalue weighted by Gasteiger charge is -2.30. The molecule has 1 aliphatic rings. The number of anilines is 1. The monoisotopic (exact) mass is 314 g/mol. The van der Waals surface area contributed by atoms with Crippen LogP contribution in [-0.4, -0.2) is 53.6 Å². The van der Waals surface area contributed by atoms with E-state index in [2.05, 4.69) is 21.7 Å². The van der Waals surface area contributed by atoms with Gasteiger partial charge in [0.25, 0.3) is 0 Å². The van der Waals surface area contributed by atoms with Gasteiger partial charge in [0.2, 0.25) is 0 Å². The van der Waals surface area contributed by atoms with E-state index in [1.807, 2.05) is 12.1 Å². The molecule has 0 bridgehead atoms. The van der Waals surface area contributed by atoms with Crippen LogP contribution < -0.4 is 4.90 Å². The molecule has 1 saturated heterocycles. The summed E-state index contributed by atoms with van der Waals surface area (Å²) in [6.45, 7) is 6.53. The number of morpholine rings is 1. The van der Waals surface area contributed by atoms with Gasteiger partial charge >= 0.3 is 5.97 Å². The normalized spacial score (nSPS) is 14.5. The van der Waals surface area contributed by atoms with E-state index in [0.29, 0.717) is 18.8 Å². The van der Waals surface area contributed by atoms with Crippen LogP contribution in [-0.2, 0) is 9.47 Å². The standard InChI is InChI=1S/C16H18N4O3/c1-2-7-23-16(21)14-10-13(20-11-17-18-12-20)3-4-15(14)19-5-8-22-9-6-19/h2-4,10-12H,1,5-9H2. The van der Waals surface area contributed by atoms with Crippen LogP contribution in [0.15, 0.2) is 43.5 Å². The zero-order chi connectivity index (χ0) is 16.1. The lowest BCUT2D eigenvalue weighted by atomic mass is 10.1. The Balaban J connectivity index is 1.96. The van der Waals surface area contributed by atoms with Crippen molar-refractivity contribution in [1.29, 1.82) is 0 Å². The topological polar surface area (TPSA) is 69.5 Å². The van der Waals surface area contributed by atoms with Gasteiger partial charge in [0.05, 0.1) is 24.5 Å². The number of aromatic nitrogens is 3. The molecule has 1 aromatic carbocycles.